The average molecular weight is 312 g/mol. The van der Waals surface area contributed by atoms with E-state index in [4.69, 9.17) is 15.2 Å². The van der Waals surface area contributed by atoms with Crippen LogP contribution in [0.2, 0.25) is 0 Å². The summed E-state index contributed by atoms with van der Waals surface area (Å²) in [5.74, 6) is 1.21. The monoisotopic (exact) mass is 312 g/mol. The zero-order valence-electron chi connectivity index (χ0n) is 13.5. The molecule has 3 N–H and O–H groups in total. The molecule has 0 spiro atoms. The van der Waals surface area contributed by atoms with Gasteiger partial charge in [-0.1, -0.05) is 6.07 Å². The Hall–Kier alpha value is -2.69. The van der Waals surface area contributed by atoms with E-state index in [-0.39, 0.29) is 5.91 Å². The minimum absolute atomic E-state index is 0.212. The number of nitrogens with two attached hydrogens (primary N) is 1. The Bertz CT molecular complexity index is 740. The van der Waals surface area contributed by atoms with Crippen LogP contribution in [-0.4, -0.2) is 19.1 Å². The number of benzene rings is 2. The van der Waals surface area contributed by atoms with E-state index in [1.165, 1.54) is 5.56 Å². The van der Waals surface area contributed by atoms with Crippen molar-refractivity contribution < 1.29 is 14.3 Å². The molecule has 1 atom stereocenters. The number of anilines is 2. The zero-order chi connectivity index (χ0) is 16.6. The summed E-state index contributed by atoms with van der Waals surface area (Å²) in [7, 11) is 1.57. The molecule has 1 amide bonds. The predicted molar refractivity (Wildman–Crippen MR) is 90.1 cm³/mol. The summed E-state index contributed by atoms with van der Waals surface area (Å²) in [5.41, 5.74) is 10.3. The summed E-state index contributed by atoms with van der Waals surface area (Å²) in [4.78, 5) is 12.5. The molecule has 0 saturated carbocycles. The summed E-state index contributed by atoms with van der Waals surface area (Å²) >= 11 is 0. The molecule has 0 fully saturated rings. The molecule has 2 aromatic rings. The maximum absolute atomic E-state index is 12.5. The zero-order valence-corrected chi connectivity index (χ0v) is 13.5. The molecular formula is C18H20N2O3. The molecule has 0 radical (unpaired) electrons. The van der Waals surface area contributed by atoms with E-state index in [1.54, 1.807) is 25.3 Å². The third-order valence-electron chi connectivity index (χ3n) is 4.16. The van der Waals surface area contributed by atoms with Crippen molar-refractivity contribution in [1.29, 1.82) is 0 Å². The number of hydrogen-bond donors (Lipinski definition) is 2. The molecule has 2 aromatic carbocycles. The van der Waals surface area contributed by atoms with Gasteiger partial charge in [0.05, 0.1) is 18.5 Å². The van der Waals surface area contributed by atoms with Crippen LogP contribution in [0, 0.1) is 13.8 Å². The van der Waals surface area contributed by atoms with Gasteiger partial charge < -0.3 is 20.5 Å². The highest BCUT2D eigenvalue weighted by atomic mass is 16.5. The van der Waals surface area contributed by atoms with Gasteiger partial charge in [-0.3, -0.25) is 4.79 Å². The van der Waals surface area contributed by atoms with Crippen molar-refractivity contribution in [3.63, 3.8) is 0 Å². The summed E-state index contributed by atoms with van der Waals surface area (Å²) in [6.45, 7) is 4.09. The second kappa shape index (κ2) is 5.83. The minimum atomic E-state index is -0.545. The van der Waals surface area contributed by atoms with Crippen molar-refractivity contribution in [3.8, 4) is 11.5 Å². The number of aryl methyl sites for hydroxylation is 2. The minimum Gasteiger partial charge on any atom is -0.497 e. The van der Waals surface area contributed by atoms with Gasteiger partial charge in [0.25, 0.3) is 5.91 Å². The molecule has 0 aliphatic carbocycles. The highest BCUT2D eigenvalue weighted by Gasteiger charge is 2.30. The molecule has 0 saturated heterocycles. The smallest absolute Gasteiger partial charge is 0.265 e. The SMILES string of the molecule is COc1ccc(N)c(NC(=O)C2Cc3cc(C)c(C)cc3O2)c1. The summed E-state index contributed by atoms with van der Waals surface area (Å²) in [5, 5.41) is 2.82. The van der Waals surface area contributed by atoms with E-state index < -0.39 is 6.10 Å². The average Bonchev–Trinajstić information content (AvgIpc) is 2.93. The van der Waals surface area contributed by atoms with E-state index in [9.17, 15) is 4.79 Å². The van der Waals surface area contributed by atoms with Crippen LogP contribution in [0.5, 0.6) is 11.5 Å². The van der Waals surface area contributed by atoms with Crippen LogP contribution in [-0.2, 0) is 11.2 Å². The van der Waals surface area contributed by atoms with Crippen LogP contribution in [0.25, 0.3) is 0 Å². The lowest BCUT2D eigenvalue weighted by molar-refractivity contribution is -0.122. The fourth-order valence-corrected chi connectivity index (χ4v) is 2.64. The predicted octanol–water partition coefficient (Wildman–Crippen LogP) is 2.84. The first-order chi connectivity index (χ1) is 11.0. The largest absolute Gasteiger partial charge is 0.497 e. The summed E-state index contributed by atoms with van der Waals surface area (Å²) < 4.78 is 10.9. The van der Waals surface area contributed by atoms with Crippen LogP contribution in [0.4, 0.5) is 11.4 Å². The van der Waals surface area contributed by atoms with Crippen LogP contribution in [0.15, 0.2) is 30.3 Å². The lowest BCUT2D eigenvalue weighted by atomic mass is 10.0. The Morgan fingerprint density at radius 3 is 2.74 bits per heavy atom. The summed E-state index contributed by atoms with van der Waals surface area (Å²) in [6.07, 6.45) is 0.0170. The highest BCUT2D eigenvalue weighted by Crippen LogP contribution is 2.32. The number of ether oxygens (including phenoxy) is 2. The van der Waals surface area contributed by atoms with Crippen molar-refractivity contribution >= 4 is 17.3 Å². The fraction of sp³-hybridized carbons (Fsp3) is 0.278. The van der Waals surface area contributed by atoms with E-state index >= 15 is 0 Å². The number of carbonyl (C=O) groups is 1. The molecule has 0 bridgehead atoms. The maximum Gasteiger partial charge on any atom is 0.265 e. The third-order valence-corrected chi connectivity index (χ3v) is 4.16. The van der Waals surface area contributed by atoms with Gasteiger partial charge in [-0.05, 0) is 48.7 Å². The van der Waals surface area contributed by atoms with Crippen molar-refractivity contribution in [2.24, 2.45) is 0 Å². The Balaban J connectivity index is 1.76. The van der Waals surface area contributed by atoms with Crippen molar-refractivity contribution in [1.82, 2.24) is 0 Å². The first-order valence-electron chi connectivity index (χ1n) is 7.49. The molecular weight excluding hydrogens is 292 g/mol. The number of rotatable bonds is 3. The van der Waals surface area contributed by atoms with Gasteiger partial charge >= 0.3 is 0 Å². The molecule has 1 aliphatic rings. The van der Waals surface area contributed by atoms with Gasteiger partial charge in [0.15, 0.2) is 6.10 Å². The Kier molecular flexibility index (Phi) is 3.86. The highest BCUT2D eigenvalue weighted by molar-refractivity contribution is 5.97. The van der Waals surface area contributed by atoms with Crippen LogP contribution in [0.3, 0.4) is 0 Å². The summed E-state index contributed by atoms with van der Waals surface area (Å²) in [6, 6.07) is 9.21. The number of fused-ring (bicyclic) bond motifs is 1. The molecule has 1 heterocycles. The molecule has 0 aromatic heterocycles. The third kappa shape index (κ3) is 2.95. The Morgan fingerprint density at radius 1 is 1.26 bits per heavy atom. The second-order valence-electron chi connectivity index (χ2n) is 5.80. The standard InChI is InChI=1S/C18H20N2O3/c1-10-6-12-8-17(23-16(12)7-11(10)2)18(21)20-15-9-13(22-3)4-5-14(15)19/h4-7,9,17H,8,19H2,1-3H3,(H,20,21). The van der Waals surface area contributed by atoms with Crippen molar-refractivity contribution in [2.45, 2.75) is 26.4 Å². The van der Waals surface area contributed by atoms with Crippen LogP contribution < -0.4 is 20.5 Å². The second-order valence-corrected chi connectivity index (χ2v) is 5.80. The Labute approximate surface area is 135 Å². The number of carbonyl (C=O) groups excluding carboxylic acids is 1. The van der Waals surface area contributed by atoms with E-state index in [0.717, 1.165) is 16.9 Å². The Morgan fingerprint density at radius 2 is 2.00 bits per heavy atom. The lowest BCUT2D eigenvalue weighted by Crippen LogP contribution is -2.31. The van der Waals surface area contributed by atoms with Crippen molar-refractivity contribution in [3.05, 3.63) is 47.0 Å². The molecule has 3 rings (SSSR count). The number of methoxy groups -OCH3 is 1. The van der Waals surface area contributed by atoms with Gasteiger partial charge in [0, 0.05) is 12.5 Å². The van der Waals surface area contributed by atoms with E-state index in [0.29, 0.717) is 23.5 Å². The quantitative estimate of drug-likeness (QED) is 0.855. The molecule has 1 unspecified atom stereocenters. The number of nitrogens with one attached hydrogen (secondary N) is 1. The van der Waals surface area contributed by atoms with E-state index in [2.05, 4.69) is 18.3 Å². The maximum atomic E-state index is 12.5. The topological polar surface area (TPSA) is 73.6 Å². The molecule has 5 nitrogen and oxygen atoms in total. The first-order valence-corrected chi connectivity index (χ1v) is 7.49. The van der Waals surface area contributed by atoms with Crippen LogP contribution in [0.1, 0.15) is 16.7 Å². The normalized spacial score (nSPS) is 15.7. The number of hydrogen-bond acceptors (Lipinski definition) is 4. The molecule has 23 heavy (non-hydrogen) atoms. The molecule has 120 valence electrons. The fourth-order valence-electron chi connectivity index (χ4n) is 2.64. The van der Waals surface area contributed by atoms with Gasteiger partial charge in [0.2, 0.25) is 0 Å². The molecule has 5 heteroatoms. The molecule has 1 aliphatic heterocycles. The first kappa shape index (κ1) is 15.2. The van der Waals surface area contributed by atoms with Gasteiger partial charge in [-0.2, -0.15) is 0 Å². The number of nitrogen functional groups attached to an aromatic ring is 1. The number of amides is 1. The van der Waals surface area contributed by atoms with Crippen molar-refractivity contribution in [2.75, 3.05) is 18.2 Å². The van der Waals surface area contributed by atoms with Crippen LogP contribution >= 0.6 is 0 Å². The van der Waals surface area contributed by atoms with Gasteiger partial charge in [0.1, 0.15) is 11.5 Å². The van der Waals surface area contributed by atoms with Gasteiger partial charge in [-0.25, -0.2) is 0 Å². The lowest BCUT2D eigenvalue weighted by Gasteiger charge is -2.13. The van der Waals surface area contributed by atoms with E-state index in [1.807, 2.05) is 13.0 Å². The van der Waals surface area contributed by atoms with Gasteiger partial charge in [-0.15, -0.1) is 0 Å².